The van der Waals surface area contributed by atoms with E-state index in [1.54, 1.807) is 7.11 Å². The van der Waals surface area contributed by atoms with Gasteiger partial charge in [0.1, 0.15) is 29.7 Å². The van der Waals surface area contributed by atoms with Crippen LogP contribution in [0.1, 0.15) is 89.7 Å². The number of methoxy groups -OCH3 is 1. The Bertz CT molecular complexity index is 1380. The maximum atomic E-state index is 14.4. The van der Waals surface area contributed by atoms with Crippen LogP contribution in [0.4, 0.5) is 0 Å². The summed E-state index contributed by atoms with van der Waals surface area (Å²) >= 11 is 0. The van der Waals surface area contributed by atoms with Crippen molar-refractivity contribution in [3.05, 3.63) is 23.9 Å². The summed E-state index contributed by atoms with van der Waals surface area (Å²) in [4.78, 5) is 51.6. The Labute approximate surface area is 258 Å². The average molecular weight is 608 g/mol. The number of carboxylic acid groups (broad SMARTS) is 1. The van der Waals surface area contributed by atoms with Crippen LogP contribution >= 0.6 is 0 Å². The minimum atomic E-state index is -1.05. The molecule has 1 N–H and O–H groups in total. The molecule has 6 atom stereocenters. The predicted octanol–water partition coefficient (Wildman–Crippen LogP) is 5.34. The summed E-state index contributed by atoms with van der Waals surface area (Å²) in [6, 6.07) is 4.52. The van der Waals surface area contributed by atoms with Gasteiger partial charge in [0, 0.05) is 12.0 Å². The molecule has 3 fully saturated rings. The lowest BCUT2D eigenvalue weighted by Gasteiger charge is -2.33. The zero-order valence-corrected chi connectivity index (χ0v) is 25.9. The molecule has 2 aliphatic heterocycles. The van der Waals surface area contributed by atoms with E-state index in [1.807, 2.05) is 25.1 Å². The molecule has 10 heteroatoms. The molecule has 6 rings (SSSR count). The van der Waals surface area contributed by atoms with Gasteiger partial charge in [0.2, 0.25) is 11.8 Å². The molecule has 0 spiro atoms. The summed E-state index contributed by atoms with van der Waals surface area (Å²) in [5.41, 5.74) is 2.12. The van der Waals surface area contributed by atoms with Crippen LogP contribution in [0, 0.1) is 23.7 Å². The summed E-state index contributed by atoms with van der Waals surface area (Å²) in [6.45, 7) is 2.05. The lowest BCUT2D eigenvalue weighted by atomic mass is 9.77. The van der Waals surface area contributed by atoms with E-state index < -0.39 is 30.0 Å². The molecule has 1 aromatic carbocycles. The van der Waals surface area contributed by atoms with Crippen LogP contribution in [0.2, 0.25) is 0 Å². The second-order valence-electron chi connectivity index (χ2n) is 13.2. The quantitative estimate of drug-likeness (QED) is 0.458. The van der Waals surface area contributed by atoms with Gasteiger partial charge < -0.3 is 24.2 Å². The van der Waals surface area contributed by atoms with E-state index >= 15 is 0 Å². The summed E-state index contributed by atoms with van der Waals surface area (Å²) in [7, 11) is 1.60. The first-order valence-electron chi connectivity index (χ1n) is 16.6. The number of hydrogen-bond acceptors (Lipinski definition) is 8. The largest absolute Gasteiger partial charge is 0.497 e. The van der Waals surface area contributed by atoms with Gasteiger partial charge in [-0.3, -0.25) is 9.59 Å². The molecule has 2 aromatic rings. The van der Waals surface area contributed by atoms with Crippen molar-refractivity contribution in [2.24, 2.45) is 23.7 Å². The molecule has 4 aliphatic rings. The molecule has 1 amide bonds. The SMILES string of the molecule is CC[C@@H]1[C@@H]2CN(C(=O)[C@H](C3CCCCC3)CC(=O)O[C@@H]3C[C@H]3CCCCCc3nc4ccc(OC)cc4nc3O2)[C@@H]1C(=O)O. The molecule has 44 heavy (non-hydrogen) atoms. The van der Waals surface area contributed by atoms with E-state index in [0.29, 0.717) is 35.9 Å². The summed E-state index contributed by atoms with van der Waals surface area (Å²) in [6.07, 6.45) is 10.2. The number of fused-ring (bicyclic) bond motifs is 5. The number of benzene rings is 1. The minimum Gasteiger partial charge on any atom is -0.497 e. The first-order valence-corrected chi connectivity index (χ1v) is 16.6. The van der Waals surface area contributed by atoms with E-state index in [0.717, 1.165) is 75.4 Å². The number of hydrogen-bond donors (Lipinski definition) is 1. The second kappa shape index (κ2) is 13.3. The standard InChI is InChI=1S/C34H45N3O7/c1-3-23-29-19-37(31(23)34(40)41)33(39)24(20-10-6-4-7-11-20)18-30(38)43-28-16-21(28)12-8-5-9-13-26-32(44-29)36-27-17-22(42-2)14-15-25(27)35-26/h14-15,17,20-21,23-24,28-29,31H,3-13,16,18-19H2,1-2H3,(H,40,41)/t21-,23-,24+,28-,29+,31+/m1/s1. The highest BCUT2D eigenvalue weighted by Crippen LogP contribution is 2.41. The third-order valence-corrected chi connectivity index (χ3v) is 10.3. The van der Waals surface area contributed by atoms with Gasteiger partial charge in [0.25, 0.3) is 0 Å². The number of aryl methyl sites for hydroxylation is 1. The number of aliphatic carboxylic acids is 1. The number of carbonyl (C=O) groups excluding carboxylic acids is 2. The van der Waals surface area contributed by atoms with Crippen molar-refractivity contribution in [3.8, 4) is 11.6 Å². The Morgan fingerprint density at radius 1 is 0.977 bits per heavy atom. The van der Waals surface area contributed by atoms with Gasteiger partial charge in [-0.25, -0.2) is 14.8 Å². The van der Waals surface area contributed by atoms with Crippen molar-refractivity contribution in [3.63, 3.8) is 0 Å². The van der Waals surface area contributed by atoms with Crippen molar-refractivity contribution in [2.45, 2.75) is 109 Å². The zero-order valence-electron chi connectivity index (χ0n) is 25.9. The van der Waals surface area contributed by atoms with Crippen LogP contribution in [0.3, 0.4) is 0 Å². The van der Waals surface area contributed by atoms with Gasteiger partial charge in [-0.1, -0.05) is 39.0 Å². The fraction of sp³-hybridized carbons (Fsp3) is 0.676. The predicted molar refractivity (Wildman–Crippen MR) is 162 cm³/mol. The average Bonchev–Trinajstić information content (AvgIpc) is 3.65. The maximum Gasteiger partial charge on any atom is 0.326 e. The van der Waals surface area contributed by atoms with E-state index in [1.165, 1.54) is 4.90 Å². The third kappa shape index (κ3) is 6.49. The highest BCUT2D eigenvalue weighted by atomic mass is 16.5. The maximum absolute atomic E-state index is 14.4. The zero-order chi connectivity index (χ0) is 30.8. The Hall–Kier alpha value is -3.43. The molecule has 2 aliphatic carbocycles. The van der Waals surface area contributed by atoms with Crippen molar-refractivity contribution >= 4 is 28.9 Å². The molecule has 2 bridgehead atoms. The fourth-order valence-electron chi connectivity index (χ4n) is 7.76. The third-order valence-electron chi connectivity index (χ3n) is 10.3. The van der Waals surface area contributed by atoms with Gasteiger partial charge in [-0.2, -0.15) is 0 Å². The van der Waals surface area contributed by atoms with Crippen LogP contribution in [0.15, 0.2) is 18.2 Å². The van der Waals surface area contributed by atoms with E-state index in [2.05, 4.69) is 0 Å². The molecule has 1 saturated heterocycles. The molecule has 238 valence electrons. The van der Waals surface area contributed by atoms with Crippen LogP contribution in [0.5, 0.6) is 11.6 Å². The van der Waals surface area contributed by atoms with Gasteiger partial charge in [-0.05, 0) is 68.9 Å². The van der Waals surface area contributed by atoms with Gasteiger partial charge in [-0.15, -0.1) is 0 Å². The number of carbonyl (C=O) groups is 3. The minimum absolute atomic E-state index is 0.00000568. The summed E-state index contributed by atoms with van der Waals surface area (Å²) < 4.78 is 17.9. The Morgan fingerprint density at radius 2 is 1.73 bits per heavy atom. The van der Waals surface area contributed by atoms with Crippen molar-refractivity contribution in [1.82, 2.24) is 14.9 Å². The van der Waals surface area contributed by atoms with Gasteiger partial charge >= 0.3 is 11.9 Å². The normalized spacial score (nSPS) is 30.4. The lowest BCUT2D eigenvalue weighted by molar-refractivity contribution is -0.156. The highest BCUT2D eigenvalue weighted by Gasteiger charge is 2.51. The summed E-state index contributed by atoms with van der Waals surface area (Å²) in [5.74, 6) is -1.24. The molecule has 0 radical (unpaired) electrons. The van der Waals surface area contributed by atoms with Crippen LogP contribution in [0.25, 0.3) is 11.0 Å². The first kappa shape index (κ1) is 30.6. The topological polar surface area (TPSA) is 128 Å². The van der Waals surface area contributed by atoms with Crippen LogP contribution in [-0.2, 0) is 25.5 Å². The molecular formula is C34H45N3O7. The fourth-order valence-corrected chi connectivity index (χ4v) is 7.76. The Balaban J connectivity index is 1.36. The Kier molecular flexibility index (Phi) is 9.23. The van der Waals surface area contributed by atoms with E-state index in [9.17, 15) is 19.5 Å². The number of esters is 1. The van der Waals surface area contributed by atoms with Crippen molar-refractivity contribution in [1.29, 1.82) is 0 Å². The Morgan fingerprint density at radius 3 is 2.45 bits per heavy atom. The number of amides is 1. The molecule has 10 nitrogen and oxygen atoms in total. The smallest absolute Gasteiger partial charge is 0.326 e. The molecule has 0 unspecified atom stereocenters. The summed E-state index contributed by atoms with van der Waals surface area (Å²) in [5, 5.41) is 10.4. The molecular weight excluding hydrogens is 562 g/mol. The number of ether oxygens (including phenoxy) is 3. The highest BCUT2D eigenvalue weighted by molar-refractivity contribution is 5.89. The van der Waals surface area contributed by atoms with E-state index in [-0.39, 0.29) is 36.9 Å². The van der Waals surface area contributed by atoms with Gasteiger partial charge in [0.15, 0.2) is 0 Å². The molecule has 3 heterocycles. The number of carboxylic acids is 1. The molecule has 2 saturated carbocycles. The van der Waals surface area contributed by atoms with Crippen molar-refractivity contribution < 1.29 is 33.7 Å². The van der Waals surface area contributed by atoms with Crippen LogP contribution < -0.4 is 9.47 Å². The number of rotatable bonds is 4. The van der Waals surface area contributed by atoms with Crippen LogP contribution in [-0.4, -0.2) is 69.7 Å². The monoisotopic (exact) mass is 607 g/mol. The number of nitrogens with zero attached hydrogens (tertiary/aromatic N) is 3. The lowest BCUT2D eigenvalue weighted by Crippen LogP contribution is -2.47. The van der Waals surface area contributed by atoms with E-state index in [4.69, 9.17) is 24.2 Å². The number of aromatic nitrogens is 2. The first-order chi connectivity index (χ1) is 21.4. The van der Waals surface area contributed by atoms with Gasteiger partial charge in [0.05, 0.1) is 37.0 Å². The second-order valence-corrected chi connectivity index (χ2v) is 13.2. The van der Waals surface area contributed by atoms with Crippen molar-refractivity contribution in [2.75, 3.05) is 13.7 Å². The molecule has 1 aromatic heterocycles.